The molecule has 104 valence electrons. The van der Waals surface area contributed by atoms with Gasteiger partial charge in [0.15, 0.2) is 11.2 Å². The van der Waals surface area contributed by atoms with Crippen LogP contribution in [0.3, 0.4) is 0 Å². The quantitative estimate of drug-likeness (QED) is 0.665. The topological polar surface area (TPSA) is 102 Å². The first-order chi connectivity index (χ1) is 8.88. The fraction of sp³-hybridized carbons (Fsp3) is 0.500. The smallest absolute Gasteiger partial charge is 0.332 e. The molecule has 0 unspecified atom stereocenters. The summed E-state index contributed by atoms with van der Waals surface area (Å²) in [7, 11) is 2.82. The lowest BCUT2D eigenvalue weighted by molar-refractivity contribution is 0.0821. The predicted octanol–water partition coefficient (Wildman–Crippen LogP) is -1.56. The summed E-state index contributed by atoms with van der Waals surface area (Å²) in [6.07, 6.45) is -1.07. The first-order valence-electron chi connectivity index (χ1n) is 5.49. The molecule has 8 nitrogen and oxygen atoms in total. The Morgan fingerprint density at radius 2 is 1.95 bits per heavy atom. The SMILES string of the molecule is Cn1c(=O)c2c(nc(Cl)n2C[C@H](O)CO)n(C)c1=O. The molecule has 0 saturated carbocycles. The van der Waals surface area contributed by atoms with Gasteiger partial charge in [0.25, 0.3) is 5.56 Å². The largest absolute Gasteiger partial charge is 0.394 e. The number of hydrogen-bond donors (Lipinski definition) is 2. The van der Waals surface area contributed by atoms with Gasteiger partial charge in [-0.25, -0.2) is 4.79 Å². The van der Waals surface area contributed by atoms with Crippen LogP contribution in [0.5, 0.6) is 0 Å². The molecule has 2 N–H and O–H groups in total. The lowest BCUT2D eigenvalue weighted by Gasteiger charge is -2.10. The summed E-state index contributed by atoms with van der Waals surface area (Å²) in [5.74, 6) is 0. The molecule has 0 aliphatic rings. The Morgan fingerprint density at radius 3 is 2.53 bits per heavy atom. The Balaban J connectivity index is 2.83. The van der Waals surface area contributed by atoms with Crippen LogP contribution >= 0.6 is 11.6 Å². The van der Waals surface area contributed by atoms with Crippen molar-refractivity contribution in [1.29, 1.82) is 0 Å². The Morgan fingerprint density at radius 1 is 1.32 bits per heavy atom. The number of nitrogens with zero attached hydrogens (tertiary/aromatic N) is 4. The summed E-state index contributed by atoms with van der Waals surface area (Å²) in [5, 5.41) is 18.3. The van der Waals surface area contributed by atoms with Crippen molar-refractivity contribution < 1.29 is 10.2 Å². The summed E-state index contributed by atoms with van der Waals surface area (Å²) in [4.78, 5) is 27.8. The van der Waals surface area contributed by atoms with Gasteiger partial charge in [-0.1, -0.05) is 0 Å². The van der Waals surface area contributed by atoms with Crippen molar-refractivity contribution in [2.24, 2.45) is 14.1 Å². The molecular weight excluding hydrogens is 276 g/mol. The van der Waals surface area contributed by atoms with Crippen LogP contribution in [-0.4, -0.2) is 41.6 Å². The minimum Gasteiger partial charge on any atom is -0.394 e. The van der Waals surface area contributed by atoms with E-state index in [1.54, 1.807) is 0 Å². The van der Waals surface area contributed by atoms with E-state index in [0.717, 1.165) is 4.57 Å². The number of fused-ring (bicyclic) bond motifs is 1. The standard InChI is InChI=1S/C10H13ClN4O4/c1-13-7-6(8(18)14(2)10(13)19)15(9(11)12-7)3-5(17)4-16/h5,16-17H,3-4H2,1-2H3/t5-/m0/s1. The highest BCUT2D eigenvalue weighted by Crippen LogP contribution is 2.15. The van der Waals surface area contributed by atoms with Crippen LogP contribution in [0.4, 0.5) is 0 Å². The third kappa shape index (κ3) is 2.07. The van der Waals surface area contributed by atoms with Crippen LogP contribution < -0.4 is 11.2 Å². The molecule has 9 heteroatoms. The van der Waals surface area contributed by atoms with Crippen molar-refractivity contribution in [1.82, 2.24) is 18.7 Å². The van der Waals surface area contributed by atoms with E-state index in [-0.39, 0.29) is 23.0 Å². The molecule has 0 aliphatic heterocycles. The number of aliphatic hydroxyl groups is 2. The third-order valence-electron chi connectivity index (χ3n) is 2.91. The lowest BCUT2D eigenvalue weighted by atomic mass is 10.3. The first-order valence-corrected chi connectivity index (χ1v) is 5.87. The van der Waals surface area contributed by atoms with E-state index in [1.165, 1.54) is 23.2 Å². The zero-order valence-electron chi connectivity index (χ0n) is 10.4. The van der Waals surface area contributed by atoms with E-state index in [2.05, 4.69) is 4.98 Å². The third-order valence-corrected chi connectivity index (χ3v) is 3.19. The van der Waals surface area contributed by atoms with Crippen molar-refractivity contribution in [3.8, 4) is 0 Å². The Hall–Kier alpha value is -1.64. The van der Waals surface area contributed by atoms with E-state index < -0.39 is 24.0 Å². The van der Waals surface area contributed by atoms with Gasteiger partial charge in [0, 0.05) is 14.1 Å². The second-order valence-corrected chi connectivity index (χ2v) is 4.54. The summed E-state index contributed by atoms with van der Waals surface area (Å²) < 4.78 is 3.41. The van der Waals surface area contributed by atoms with Crippen LogP contribution in [0.2, 0.25) is 5.28 Å². The Labute approximate surface area is 112 Å². The maximum absolute atomic E-state index is 12.1. The maximum atomic E-state index is 12.1. The number of aliphatic hydroxyl groups excluding tert-OH is 2. The number of aromatic nitrogens is 4. The second kappa shape index (κ2) is 4.80. The number of halogens is 1. The van der Waals surface area contributed by atoms with Crippen molar-refractivity contribution in [3.63, 3.8) is 0 Å². The predicted molar refractivity (Wildman–Crippen MR) is 68.3 cm³/mol. The monoisotopic (exact) mass is 288 g/mol. The molecule has 0 aromatic carbocycles. The van der Waals surface area contributed by atoms with Gasteiger partial charge >= 0.3 is 5.69 Å². The van der Waals surface area contributed by atoms with Gasteiger partial charge in [0.05, 0.1) is 19.3 Å². The summed E-state index contributed by atoms with van der Waals surface area (Å²) >= 11 is 5.91. The van der Waals surface area contributed by atoms with E-state index >= 15 is 0 Å². The van der Waals surface area contributed by atoms with E-state index in [4.69, 9.17) is 16.7 Å². The Bertz CT molecular complexity index is 745. The van der Waals surface area contributed by atoms with Gasteiger partial charge in [0.1, 0.15) is 0 Å². The molecular formula is C10H13ClN4O4. The number of hydrogen-bond acceptors (Lipinski definition) is 5. The fourth-order valence-corrected chi connectivity index (χ4v) is 2.09. The van der Waals surface area contributed by atoms with E-state index in [9.17, 15) is 14.7 Å². The number of aryl methyl sites for hydroxylation is 1. The zero-order chi connectivity index (χ0) is 14.3. The zero-order valence-corrected chi connectivity index (χ0v) is 11.1. The molecule has 0 fully saturated rings. The van der Waals surface area contributed by atoms with Gasteiger partial charge in [-0.05, 0) is 11.6 Å². The van der Waals surface area contributed by atoms with E-state index in [0.29, 0.717) is 0 Å². The van der Waals surface area contributed by atoms with Crippen molar-refractivity contribution in [2.75, 3.05) is 6.61 Å². The minimum atomic E-state index is -1.07. The summed E-state index contributed by atoms with van der Waals surface area (Å²) in [5.41, 5.74) is -0.811. The highest BCUT2D eigenvalue weighted by Gasteiger charge is 2.19. The van der Waals surface area contributed by atoms with Crippen LogP contribution in [0.15, 0.2) is 9.59 Å². The Kier molecular flexibility index (Phi) is 3.48. The molecule has 0 amide bonds. The van der Waals surface area contributed by atoms with Crippen molar-refractivity contribution in [3.05, 3.63) is 26.1 Å². The van der Waals surface area contributed by atoms with Gasteiger partial charge in [-0.2, -0.15) is 4.98 Å². The molecule has 0 saturated heterocycles. The molecule has 0 spiro atoms. The summed E-state index contributed by atoms with van der Waals surface area (Å²) in [6.45, 7) is -0.554. The van der Waals surface area contributed by atoms with Gasteiger partial charge < -0.3 is 14.8 Å². The molecule has 0 radical (unpaired) electrons. The highest BCUT2D eigenvalue weighted by atomic mass is 35.5. The molecule has 2 heterocycles. The number of imidazole rings is 1. The molecule has 1 atom stereocenters. The average molecular weight is 289 g/mol. The van der Waals surface area contributed by atoms with Crippen LogP contribution in [0, 0.1) is 0 Å². The van der Waals surface area contributed by atoms with Gasteiger partial charge in [-0.15, -0.1) is 0 Å². The number of rotatable bonds is 3. The minimum absolute atomic E-state index is 0.0270. The van der Waals surface area contributed by atoms with Crippen LogP contribution in [-0.2, 0) is 20.6 Å². The highest BCUT2D eigenvalue weighted by molar-refractivity contribution is 6.29. The fourth-order valence-electron chi connectivity index (χ4n) is 1.86. The lowest BCUT2D eigenvalue weighted by Crippen LogP contribution is -2.38. The van der Waals surface area contributed by atoms with Crippen LogP contribution in [0.1, 0.15) is 0 Å². The van der Waals surface area contributed by atoms with Crippen molar-refractivity contribution in [2.45, 2.75) is 12.6 Å². The molecule has 2 rings (SSSR count). The first kappa shape index (κ1) is 13.8. The molecule has 0 aliphatic carbocycles. The normalized spacial score (nSPS) is 13.1. The van der Waals surface area contributed by atoms with Crippen molar-refractivity contribution >= 4 is 22.8 Å². The van der Waals surface area contributed by atoms with Gasteiger partial charge in [0.2, 0.25) is 5.28 Å². The van der Waals surface area contributed by atoms with Crippen LogP contribution in [0.25, 0.3) is 11.2 Å². The molecule has 2 aromatic rings. The average Bonchev–Trinajstić information content (AvgIpc) is 2.71. The molecule has 0 bridgehead atoms. The summed E-state index contributed by atoms with van der Waals surface area (Å²) in [6, 6.07) is 0. The van der Waals surface area contributed by atoms with E-state index in [1.807, 2.05) is 0 Å². The second-order valence-electron chi connectivity index (χ2n) is 4.21. The molecule has 19 heavy (non-hydrogen) atoms. The van der Waals surface area contributed by atoms with Gasteiger partial charge in [-0.3, -0.25) is 13.9 Å². The maximum Gasteiger partial charge on any atom is 0.332 e. The molecule has 2 aromatic heterocycles.